The minimum atomic E-state index is -4.00. The van der Waals surface area contributed by atoms with E-state index in [9.17, 15) is 27.9 Å². The molecule has 2 aromatic carbocycles. The predicted molar refractivity (Wildman–Crippen MR) is 153 cm³/mol. The Kier molecular flexibility index (Phi) is 13.5. The van der Waals surface area contributed by atoms with Crippen LogP contribution in [0.3, 0.4) is 0 Å². The van der Waals surface area contributed by atoms with Crippen molar-refractivity contribution in [3.05, 3.63) is 60.2 Å². The zero-order valence-corrected chi connectivity index (χ0v) is 24.4. The molecule has 0 fully saturated rings. The zero-order valence-electron chi connectivity index (χ0n) is 23.6. The molecule has 12 nitrogen and oxygen atoms in total. The molecule has 13 heteroatoms. The predicted octanol–water partition coefficient (Wildman–Crippen LogP) is 1.56. The van der Waals surface area contributed by atoms with Gasteiger partial charge in [-0.2, -0.15) is 4.31 Å². The van der Waals surface area contributed by atoms with Gasteiger partial charge < -0.3 is 30.9 Å². The van der Waals surface area contributed by atoms with Gasteiger partial charge in [-0.25, -0.2) is 13.2 Å². The largest absolute Gasteiger partial charge is 0.497 e. The van der Waals surface area contributed by atoms with Gasteiger partial charge in [0, 0.05) is 20.0 Å². The Balaban J connectivity index is 2.26. The highest BCUT2D eigenvalue weighted by atomic mass is 32.2. The van der Waals surface area contributed by atoms with Gasteiger partial charge in [-0.15, -0.1) is 0 Å². The van der Waals surface area contributed by atoms with Crippen molar-refractivity contribution in [1.82, 2.24) is 14.9 Å². The molecule has 0 saturated heterocycles. The quantitative estimate of drug-likeness (QED) is 0.200. The van der Waals surface area contributed by atoms with Crippen LogP contribution in [0, 0.1) is 0 Å². The third kappa shape index (κ3) is 11.0. The van der Waals surface area contributed by atoms with E-state index in [4.69, 9.17) is 15.2 Å². The average Bonchev–Trinajstić information content (AvgIpc) is 2.94. The van der Waals surface area contributed by atoms with Crippen molar-refractivity contribution in [3.8, 4) is 5.75 Å². The van der Waals surface area contributed by atoms with Crippen molar-refractivity contribution in [2.45, 2.75) is 62.6 Å². The summed E-state index contributed by atoms with van der Waals surface area (Å²) in [6.45, 7) is 2.53. The molecule has 2 rings (SSSR count). The lowest BCUT2D eigenvalue weighted by atomic mass is 10.0. The van der Waals surface area contributed by atoms with Crippen molar-refractivity contribution in [3.63, 3.8) is 0 Å². The van der Waals surface area contributed by atoms with Crippen LogP contribution in [0.4, 0.5) is 4.79 Å². The number of alkyl carbamates (subject to hydrolysis) is 1. The van der Waals surface area contributed by atoms with Gasteiger partial charge in [-0.3, -0.25) is 9.59 Å². The maximum atomic E-state index is 13.6. The Hall–Kier alpha value is -3.68. The number of methoxy groups -OCH3 is 1. The molecule has 0 saturated carbocycles. The zero-order chi connectivity index (χ0) is 30.4. The molecule has 0 radical (unpaired) electrons. The van der Waals surface area contributed by atoms with Crippen LogP contribution in [0.1, 0.15) is 38.7 Å². The summed E-state index contributed by atoms with van der Waals surface area (Å²) in [6, 6.07) is 12.8. The summed E-state index contributed by atoms with van der Waals surface area (Å²) < 4.78 is 38.6. The fourth-order valence-corrected chi connectivity index (χ4v) is 5.52. The van der Waals surface area contributed by atoms with Crippen molar-refractivity contribution >= 4 is 27.9 Å². The average molecular weight is 593 g/mol. The summed E-state index contributed by atoms with van der Waals surface area (Å²) in [5, 5.41) is 16.2. The molecule has 0 aliphatic carbocycles. The summed E-state index contributed by atoms with van der Waals surface area (Å²) in [5.41, 5.74) is 6.04. The first kappa shape index (κ1) is 33.5. The van der Waals surface area contributed by atoms with Gasteiger partial charge in [-0.1, -0.05) is 50.1 Å². The van der Waals surface area contributed by atoms with Crippen LogP contribution in [0.2, 0.25) is 0 Å². The van der Waals surface area contributed by atoms with Gasteiger partial charge in [0.15, 0.2) is 0 Å². The maximum Gasteiger partial charge on any atom is 0.407 e. The van der Waals surface area contributed by atoms with Crippen molar-refractivity contribution in [2.75, 3.05) is 26.8 Å². The normalized spacial score (nSPS) is 13.6. The molecular formula is C28H40N4O8S. The number of primary amides is 1. The van der Waals surface area contributed by atoms with Crippen molar-refractivity contribution in [1.29, 1.82) is 0 Å². The molecule has 226 valence electrons. The number of carbonyl (C=O) groups is 3. The van der Waals surface area contributed by atoms with Crippen molar-refractivity contribution in [2.24, 2.45) is 5.73 Å². The highest BCUT2D eigenvalue weighted by molar-refractivity contribution is 7.89. The van der Waals surface area contributed by atoms with Crippen LogP contribution < -0.4 is 21.1 Å². The second kappa shape index (κ2) is 16.6. The number of benzene rings is 2. The molecule has 0 heterocycles. The number of aliphatic hydroxyl groups excluding tert-OH is 1. The van der Waals surface area contributed by atoms with E-state index in [0.29, 0.717) is 12.2 Å². The first-order valence-electron chi connectivity index (χ1n) is 13.3. The third-order valence-corrected chi connectivity index (χ3v) is 8.15. The summed E-state index contributed by atoms with van der Waals surface area (Å²) in [6.07, 6.45) is 0.0887. The number of rotatable bonds is 17. The smallest absolute Gasteiger partial charge is 0.407 e. The topological polar surface area (TPSA) is 177 Å². The van der Waals surface area contributed by atoms with Gasteiger partial charge in [0.05, 0.1) is 24.2 Å². The Morgan fingerprint density at radius 1 is 1.02 bits per heavy atom. The summed E-state index contributed by atoms with van der Waals surface area (Å²) in [7, 11) is -2.51. The molecule has 0 aliphatic heterocycles. The van der Waals surface area contributed by atoms with Crippen LogP contribution in [0.5, 0.6) is 5.75 Å². The minimum absolute atomic E-state index is 0.0458. The number of carbonyl (C=O) groups excluding carboxylic acids is 3. The monoisotopic (exact) mass is 592 g/mol. The van der Waals surface area contributed by atoms with Gasteiger partial charge in [0.25, 0.3) is 0 Å². The van der Waals surface area contributed by atoms with E-state index in [0.717, 1.165) is 18.4 Å². The number of aliphatic hydroxyl groups is 1. The molecule has 0 spiro atoms. The van der Waals surface area contributed by atoms with Gasteiger partial charge in [0.2, 0.25) is 21.8 Å². The van der Waals surface area contributed by atoms with E-state index >= 15 is 0 Å². The summed E-state index contributed by atoms with van der Waals surface area (Å²) >= 11 is 0. The molecular weight excluding hydrogens is 552 g/mol. The lowest BCUT2D eigenvalue weighted by Gasteiger charge is -2.30. The van der Waals surface area contributed by atoms with E-state index in [1.807, 2.05) is 13.0 Å². The molecule has 41 heavy (non-hydrogen) atoms. The molecule has 5 N–H and O–H groups in total. The number of ether oxygens (including phenoxy) is 2. The Bertz CT molecular complexity index is 1230. The number of hydrogen-bond donors (Lipinski definition) is 4. The molecule has 0 bridgehead atoms. The van der Waals surface area contributed by atoms with Crippen LogP contribution in [-0.4, -0.2) is 80.7 Å². The number of sulfonamides is 1. The van der Waals surface area contributed by atoms with Crippen LogP contribution >= 0.6 is 0 Å². The number of hydrogen-bond acceptors (Lipinski definition) is 8. The first-order valence-corrected chi connectivity index (χ1v) is 14.8. The Labute approximate surface area is 241 Å². The lowest BCUT2D eigenvalue weighted by molar-refractivity contribution is -0.127. The van der Waals surface area contributed by atoms with Crippen LogP contribution in [-0.2, 0) is 30.8 Å². The molecule has 3 amide bonds. The van der Waals surface area contributed by atoms with Crippen molar-refractivity contribution < 1.29 is 37.4 Å². The highest BCUT2D eigenvalue weighted by Crippen LogP contribution is 2.21. The molecule has 3 atom stereocenters. The van der Waals surface area contributed by atoms with E-state index in [2.05, 4.69) is 10.6 Å². The Morgan fingerprint density at radius 2 is 1.68 bits per heavy atom. The minimum Gasteiger partial charge on any atom is -0.497 e. The van der Waals surface area contributed by atoms with Gasteiger partial charge in [0.1, 0.15) is 18.4 Å². The lowest BCUT2D eigenvalue weighted by Crippen LogP contribution is -2.52. The number of nitrogens with one attached hydrogen (secondary N) is 2. The number of amides is 3. The van der Waals surface area contributed by atoms with Crippen LogP contribution in [0.25, 0.3) is 0 Å². The standard InChI is InChI=1S/C28H40N4O8S/c1-4-5-9-16-32(41(37,38)23-14-12-22(39-3)13-15-23)18-26(34)24(17-21-10-7-6-8-11-21)31-28(36)40-19-25(27(29)35)30-20(2)33/h6-8,10-15,24-26,34H,4-5,9,16-19H2,1-3H3,(H2,29,35)(H,30,33)(H,31,36)/t24-,25-,26+/m0/s1. The number of nitrogens with two attached hydrogens (primary N) is 1. The van der Waals surface area contributed by atoms with Gasteiger partial charge >= 0.3 is 6.09 Å². The maximum absolute atomic E-state index is 13.6. The molecule has 2 aromatic rings. The molecule has 0 unspecified atom stereocenters. The summed E-state index contributed by atoms with van der Waals surface area (Å²) in [5.74, 6) is -0.916. The first-order chi connectivity index (χ1) is 19.5. The SMILES string of the molecule is CCCCCN(C[C@@H](O)[C@H](Cc1ccccc1)NC(=O)OC[C@H](NC(C)=O)C(N)=O)S(=O)(=O)c1ccc(OC)cc1. The number of nitrogens with zero attached hydrogens (tertiary/aromatic N) is 1. The fraction of sp³-hybridized carbons (Fsp3) is 0.464. The van der Waals surface area contributed by atoms with Gasteiger partial charge in [-0.05, 0) is 42.7 Å². The van der Waals surface area contributed by atoms with E-state index < -0.39 is 52.7 Å². The van der Waals surface area contributed by atoms with Crippen LogP contribution in [0.15, 0.2) is 59.5 Å². The van der Waals surface area contributed by atoms with E-state index in [1.165, 1.54) is 30.5 Å². The highest BCUT2D eigenvalue weighted by Gasteiger charge is 2.31. The molecule has 0 aliphatic rings. The second-order valence-corrected chi connectivity index (χ2v) is 11.4. The second-order valence-electron chi connectivity index (χ2n) is 9.51. The Morgan fingerprint density at radius 3 is 2.24 bits per heavy atom. The number of unbranched alkanes of at least 4 members (excludes halogenated alkanes) is 2. The third-order valence-electron chi connectivity index (χ3n) is 6.27. The molecule has 0 aromatic heterocycles. The summed E-state index contributed by atoms with van der Waals surface area (Å²) in [4.78, 5) is 35.6. The van der Waals surface area contributed by atoms with E-state index in [1.54, 1.807) is 36.4 Å². The fourth-order valence-electron chi connectivity index (χ4n) is 4.02. The van der Waals surface area contributed by atoms with E-state index in [-0.39, 0.29) is 24.4 Å².